The summed E-state index contributed by atoms with van der Waals surface area (Å²) in [6.07, 6.45) is 2.85. The fraction of sp³-hybridized carbons (Fsp3) is 0.353. The second-order valence-corrected chi connectivity index (χ2v) is 5.66. The lowest BCUT2D eigenvalue weighted by Gasteiger charge is -2.08. The molecule has 132 valence electrons. The second-order valence-electron chi connectivity index (χ2n) is 5.66. The zero-order chi connectivity index (χ0) is 17.8. The summed E-state index contributed by atoms with van der Waals surface area (Å²) in [6, 6.07) is 5.45. The van der Waals surface area contributed by atoms with Gasteiger partial charge in [-0.25, -0.2) is 4.79 Å². The van der Waals surface area contributed by atoms with E-state index in [1.54, 1.807) is 6.07 Å². The van der Waals surface area contributed by atoms with Crippen molar-refractivity contribution in [3.05, 3.63) is 50.2 Å². The lowest BCUT2D eigenvalue weighted by atomic mass is 10.2. The average Bonchev–Trinajstić information content (AvgIpc) is 3.05. The van der Waals surface area contributed by atoms with Crippen LogP contribution in [0.25, 0.3) is 0 Å². The monoisotopic (exact) mass is 345 g/mol. The number of aromatic hydroxyl groups is 1. The Hall–Kier alpha value is -3.03. The first-order valence-electron chi connectivity index (χ1n) is 8.04. The molecule has 0 saturated carbocycles. The first kappa shape index (κ1) is 16.8. The maximum atomic E-state index is 11.9. The predicted molar refractivity (Wildman–Crippen MR) is 91.8 cm³/mol. The molecule has 1 aromatic heterocycles. The first-order valence-corrected chi connectivity index (χ1v) is 8.04. The molecule has 0 unspecified atom stereocenters. The Bertz CT molecular complexity index is 913. The van der Waals surface area contributed by atoms with Crippen LogP contribution in [-0.4, -0.2) is 27.7 Å². The van der Waals surface area contributed by atoms with Gasteiger partial charge < -0.3 is 14.6 Å². The van der Waals surface area contributed by atoms with E-state index >= 15 is 0 Å². The zero-order valence-corrected chi connectivity index (χ0v) is 13.8. The van der Waals surface area contributed by atoms with Crippen LogP contribution in [0.5, 0.6) is 17.4 Å². The normalized spacial score (nSPS) is 12.8. The Kier molecular flexibility index (Phi) is 4.87. The molecule has 0 aliphatic carbocycles. The Labute approximate surface area is 143 Å². The van der Waals surface area contributed by atoms with Gasteiger partial charge in [-0.05, 0) is 24.1 Å². The molecule has 0 saturated heterocycles. The lowest BCUT2D eigenvalue weighted by Crippen LogP contribution is -2.32. The highest BCUT2D eigenvalue weighted by molar-refractivity contribution is 5.81. The fourth-order valence-electron chi connectivity index (χ4n) is 2.50. The topological polar surface area (TPSA) is 106 Å². The summed E-state index contributed by atoms with van der Waals surface area (Å²) < 4.78 is 11.7. The number of aliphatic imine (C=N–C) groups is 1. The van der Waals surface area contributed by atoms with E-state index in [0.717, 1.165) is 16.6 Å². The van der Waals surface area contributed by atoms with Crippen molar-refractivity contribution in [2.75, 3.05) is 6.79 Å². The number of fused-ring (bicyclic) bond motifs is 1. The molecule has 0 bridgehead atoms. The van der Waals surface area contributed by atoms with Gasteiger partial charge >= 0.3 is 5.69 Å². The molecule has 25 heavy (non-hydrogen) atoms. The molecule has 2 aromatic rings. The van der Waals surface area contributed by atoms with E-state index in [2.05, 4.69) is 9.98 Å². The number of nitrogens with zero attached hydrogens (tertiary/aromatic N) is 2. The van der Waals surface area contributed by atoms with E-state index in [4.69, 9.17) is 9.47 Å². The van der Waals surface area contributed by atoms with Crippen LogP contribution in [-0.2, 0) is 13.1 Å². The molecule has 8 nitrogen and oxygen atoms in total. The van der Waals surface area contributed by atoms with Crippen LogP contribution in [0.4, 0.5) is 0 Å². The zero-order valence-electron chi connectivity index (χ0n) is 13.8. The van der Waals surface area contributed by atoms with Gasteiger partial charge in [0.25, 0.3) is 5.56 Å². The SMILES string of the molecule is CCCCn1c(O)c(C=NCc2ccc3c(c2)OCO3)c(=O)[nH]c1=O. The molecule has 0 fully saturated rings. The number of rotatable bonds is 6. The van der Waals surface area contributed by atoms with Crippen molar-refractivity contribution >= 4 is 6.21 Å². The van der Waals surface area contributed by atoms with Gasteiger partial charge in [-0.1, -0.05) is 19.4 Å². The van der Waals surface area contributed by atoms with Crippen LogP contribution in [0, 0.1) is 0 Å². The van der Waals surface area contributed by atoms with Crippen LogP contribution in [0.2, 0.25) is 0 Å². The maximum Gasteiger partial charge on any atom is 0.331 e. The average molecular weight is 345 g/mol. The molecule has 8 heteroatoms. The Morgan fingerprint density at radius 1 is 1.32 bits per heavy atom. The van der Waals surface area contributed by atoms with Gasteiger partial charge in [0.2, 0.25) is 12.7 Å². The summed E-state index contributed by atoms with van der Waals surface area (Å²) in [5.41, 5.74) is -0.444. The van der Waals surface area contributed by atoms with Crippen LogP contribution in [0.15, 0.2) is 32.8 Å². The number of aromatic amines is 1. The molecule has 1 aliphatic rings. The molecule has 1 aromatic carbocycles. The third kappa shape index (κ3) is 3.57. The number of ether oxygens (including phenoxy) is 2. The lowest BCUT2D eigenvalue weighted by molar-refractivity contribution is 0.174. The van der Waals surface area contributed by atoms with Gasteiger partial charge in [-0.2, -0.15) is 0 Å². The molecule has 0 amide bonds. The third-order valence-electron chi connectivity index (χ3n) is 3.87. The van der Waals surface area contributed by atoms with Crippen LogP contribution < -0.4 is 20.7 Å². The highest BCUT2D eigenvalue weighted by atomic mass is 16.7. The molecule has 0 atom stereocenters. The number of benzene rings is 1. The number of hydrogen-bond acceptors (Lipinski definition) is 6. The van der Waals surface area contributed by atoms with Crippen molar-refractivity contribution in [1.29, 1.82) is 0 Å². The standard InChI is InChI=1S/C17H19N3O5/c1-2-3-6-20-16(22)12(15(21)19-17(20)23)9-18-8-11-4-5-13-14(7-11)25-10-24-13/h4-5,7,9,22H,2-3,6,8,10H2,1H3,(H,19,21,23). The van der Waals surface area contributed by atoms with Gasteiger partial charge in [0.1, 0.15) is 5.56 Å². The van der Waals surface area contributed by atoms with Gasteiger partial charge in [0.05, 0.1) is 6.54 Å². The van der Waals surface area contributed by atoms with Crippen molar-refractivity contribution in [3.8, 4) is 17.4 Å². The summed E-state index contributed by atoms with van der Waals surface area (Å²) in [7, 11) is 0. The van der Waals surface area contributed by atoms with Gasteiger partial charge in [-0.15, -0.1) is 0 Å². The largest absolute Gasteiger partial charge is 0.494 e. The summed E-state index contributed by atoms with van der Waals surface area (Å²) in [6.45, 7) is 2.80. The summed E-state index contributed by atoms with van der Waals surface area (Å²) in [4.78, 5) is 30.1. The van der Waals surface area contributed by atoms with Crippen LogP contribution in [0.3, 0.4) is 0 Å². The molecule has 2 N–H and O–H groups in total. The fourth-order valence-corrected chi connectivity index (χ4v) is 2.50. The van der Waals surface area contributed by atoms with E-state index in [0.29, 0.717) is 31.0 Å². The molecule has 3 rings (SSSR count). The first-order chi connectivity index (χ1) is 12.1. The molecular formula is C17H19N3O5. The van der Waals surface area contributed by atoms with Crippen molar-refractivity contribution in [1.82, 2.24) is 9.55 Å². The Morgan fingerprint density at radius 3 is 2.92 bits per heavy atom. The van der Waals surface area contributed by atoms with Crippen molar-refractivity contribution in [2.45, 2.75) is 32.9 Å². The molecule has 0 radical (unpaired) electrons. The van der Waals surface area contributed by atoms with Crippen molar-refractivity contribution in [3.63, 3.8) is 0 Å². The third-order valence-corrected chi connectivity index (χ3v) is 3.87. The van der Waals surface area contributed by atoms with Gasteiger partial charge in [0, 0.05) is 12.8 Å². The molecular weight excluding hydrogens is 326 g/mol. The highest BCUT2D eigenvalue weighted by Crippen LogP contribution is 2.32. The van der Waals surface area contributed by atoms with E-state index in [1.807, 2.05) is 19.1 Å². The number of H-pyrrole nitrogens is 1. The highest BCUT2D eigenvalue weighted by Gasteiger charge is 2.14. The number of aromatic nitrogens is 2. The number of nitrogens with one attached hydrogen (secondary N) is 1. The molecule has 0 spiro atoms. The number of hydrogen-bond donors (Lipinski definition) is 2. The van der Waals surface area contributed by atoms with Crippen molar-refractivity contribution < 1.29 is 14.6 Å². The summed E-state index contributed by atoms with van der Waals surface area (Å²) >= 11 is 0. The quantitative estimate of drug-likeness (QED) is 0.770. The summed E-state index contributed by atoms with van der Waals surface area (Å²) in [5, 5.41) is 10.2. The van der Waals surface area contributed by atoms with Crippen LogP contribution in [0.1, 0.15) is 30.9 Å². The summed E-state index contributed by atoms with van der Waals surface area (Å²) in [5.74, 6) is 0.975. The van der Waals surface area contributed by atoms with Crippen molar-refractivity contribution in [2.24, 2.45) is 4.99 Å². The van der Waals surface area contributed by atoms with Gasteiger partial charge in [-0.3, -0.25) is 19.3 Å². The van der Waals surface area contributed by atoms with Crippen LogP contribution >= 0.6 is 0 Å². The minimum atomic E-state index is -0.662. The maximum absolute atomic E-state index is 11.9. The minimum Gasteiger partial charge on any atom is -0.494 e. The minimum absolute atomic E-state index is 0.0311. The molecule has 1 aliphatic heterocycles. The Morgan fingerprint density at radius 2 is 2.12 bits per heavy atom. The smallest absolute Gasteiger partial charge is 0.331 e. The van der Waals surface area contributed by atoms with E-state index in [-0.39, 0.29) is 18.2 Å². The van der Waals surface area contributed by atoms with E-state index in [1.165, 1.54) is 6.21 Å². The van der Waals surface area contributed by atoms with Gasteiger partial charge in [0.15, 0.2) is 11.5 Å². The second kappa shape index (κ2) is 7.25. The Balaban J connectivity index is 1.81. The van der Waals surface area contributed by atoms with E-state index in [9.17, 15) is 14.7 Å². The van der Waals surface area contributed by atoms with E-state index < -0.39 is 11.2 Å². The molecule has 2 heterocycles. The number of unbranched alkanes of at least 4 members (excludes halogenated alkanes) is 1. The predicted octanol–water partition coefficient (Wildman–Crippen LogP) is 1.39.